The Balaban J connectivity index is 1.45. The minimum Gasteiger partial charge on any atom is -0.451 e. The fraction of sp³-hybridized carbons (Fsp3) is 0.320. The van der Waals surface area contributed by atoms with Crippen molar-refractivity contribution in [1.29, 1.82) is 0 Å². The highest BCUT2D eigenvalue weighted by atomic mass is 16.4. The average molecular weight is 404 g/mol. The van der Waals surface area contributed by atoms with Crippen molar-refractivity contribution in [3.05, 3.63) is 72.0 Å². The lowest BCUT2D eigenvalue weighted by molar-refractivity contribution is 0.0967. The highest BCUT2D eigenvalue weighted by Crippen LogP contribution is 2.27. The van der Waals surface area contributed by atoms with Crippen LogP contribution in [0.2, 0.25) is 0 Å². The molecule has 5 heteroatoms. The van der Waals surface area contributed by atoms with Crippen molar-refractivity contribution in [3.8, 4) is 11.3 Å². The molecule has 2 heterocycles. The molecule has 5 nitrogen and oxygen atoms in total. The van der Waals surface area contributed by atoms with Crippen LogP contribution >= 0.6 is 0 Å². The van der Waals surface area contributed by atoms with Crippen LogP contribution in [0.15, 0.2) is 65.1 Å². The SMILES string of the molecule is Cc1ccc(-c2ccc(C(=O)N(C)c3ccc(N4CCC(N(C)C)C4)cc3)o2)cc1. The molecule has 2 aromatic carbocycles. The van der Waals surface area contributed by atoms with Crippen LogP contribution in [0, 0.1) is 6.92 Å². The van der Waals surface area contributed by atoms with E-state index in [4.69, 9.17) is 4.42 Å². The second-order valence-electron chi connectivity index (χ2n) is 8.26. The van der Waals surface area contributed by atoms with Gasteiger partial charge < -0.3 is 19.1 Å². The van der Waals surface area contributed by atoms with E-state index < -0.39 is 0 Å². The molecule has 156 valence electrons. The Labute approximate surface area is 178 Å². The van der Waals surface area contributed by atoms with Crippen molar-refractivity contribution in [1.82, 2.24) is 4.90 Å². The topological polar surface area (TPSA) is 39.9 Å². The predicted molar refractivity (Wildman–Crippen MR) is 122 cm³/mol. The van der Waals surface area contributed by atoms with Crippen molar-refractivity contribution in [2.24, 2.45) is 0 Å². The van der Waals surface area contributed by atoms with E-state index in [1.807, 2.05) is 49.4 Å². The van der Waals surface area contributed by atoms with Crippen molar-refractivity contribution in [2.75, 3.05) is 44.0 Å². The van der Waals surface area contributed by atoms with Gasteiger partial charge in [0.25, 0.3) is 5.91 Å². The second-order valence-corrected chi connectivity index (χ2v) is 8.26. The van der Waals surface area contributed by atoms with Gasteiger partial charge in [0, 0.05) is 43.1 Å². The molecule has 4 rings (SSSR count). The molecule has 0 radical (unpaired) electrons. The first-order valence-electron chi connectivity index (χ1n) is 10.4. The summed E-state index contributed by atoms with van der Waals surface area (Å²) in [6, 6.07) is 20.5. The van der Waals surface area contributed by atoms with E-state index in [9.17, 15) is 4.79 Å². The number of likely N-dealkylation sites (N-methyl/N-ethyl adjacent to an activating group) is 1. The molecule has 1 aromatic heterocycles. The van der Waals surface area contributed by atoms with E-state index in [-0.39, 0.29) is 5.91 Å². The molecule has 0 spiro atoms. The van der Waals surface area contributed by atoms with Crippen LogP contribution < -0.4 is 9.80 Å². The first-order valence-corrected chi connectivity index (χ1v) is 10.4. The maximum atomic E-state index is 12.9. The summed E-state index contributed by atoms with van der Waals surface area (Å²) in [5, 5.41) is 0. The number of carbonyl (C=O) groups excluding carboxylic acids is 1. The summed E-state index contributed by atoms with van der Waals surface area (Å²) in [4.78, 5) is 19.2. The molecule has 0 bridgehead atoms. The fourth-order valence-corrected chi connectivity index (χ4v) is 3.89. The average Bonchev–Trinajstić information content (AvgIpc) is 3.44. The van der Waals surface area contributed by atoms with Gasteiger partial charge in [-0.3, -0.25) is 4.79 Å². The molecular formula is C25H29N3O2. The van der Waals surface area contributed by atoms with Gasteiger partial charge in [0.05, 0.1) is 0 Å². The standard InChI is InChI=1S/C25H29N3O2/c1-18-5-7-19(8-6-18)23-13-14-24(30-23)25(29)27(4)20-9-11-21(12-10-20)28-16-15-22(17-28)26(2)3/h5-14,22H,15-17H2,1-4H3. The molecule has 1 amide bonds. The van der Waals surface area contributed by atoms with Gasteiger partial charge in [-0.25, -0.2) is 0 Å². The van der Waals surface area contributed by atoms with Gasteiger partial charge in [0.1, 0.15) is 5.76 Å². The molecular weight excluding hydrogens is 374 g/mol. The van der Waals surface area contributed by atoms with Crippen molar-refractivity contribution in [3.63, 3.8) is 0 Å². The third-order valence-electron chi connectivity index (χ3n) is 5.95. The molecule has 0 N–H and O–H groups in total. The molecule has 1 saturated heterocycles. The smallest absolute Gasteiger partial charge is 0.293 e. The highest BCUT2D eigenvalue weighted by Gasteiger charge is 2.24. The molecule has 1 atom stereocenters. The Hall–Kier alpha value is -3.05. The highest BCUT2D eigenvalue weighted by molar-refractivity contribution is 6.04. The van der Waals surface area contributed by atoms with E-state index in [0.717, 1.165) is 24.3 Å². The van der Waals surface area contributed by atoms with Crippen LogP contribution in [-0.4, -0.2) is 51.1 Å². The van der Waals surface area contributed by atoms with E-state index in [1.165, 1.54) is 17.7 Å². The number of amides is 1. The molecule has 3 aromatic rings. The number of carbonyl (C=O) groups is 1. The van der Waals surface area contributed by atoms with Crippen LogP contribution in [0.25, 0.3) is 11.3 Å². The van der Waals surface area contributed by atoms with E-state index in [0.29, 0.717) is 17.6 Å². The molecule has 30 heavy (non-hydrogen) atoms. The first kappa shape index (κ1) is 20.2. The predicted octanol–water partition coefficient (Wildman–Crippen LogP) is 4.67. The summed E-state index contributed by atoms with van der Waals surface area (Å²) < 4.78 is 5.85. The van der Waals surface area contributed by atoms with E-state index in [1.54, 1.807) is 18.0 Å². The number of nitrogens with zero attached hydrogens (tertiary/aromatic N) is 3. The third kappa shape index (κ3) is 4.12. The zero-order valence-corrected chi connectivity index (χ0v) is 18.1. The largest absolute Gasteiger partial charge is 0.451 e. The molecule has 1 aliphatic heterocycles. The van der Waals surface area contributed by atoms with Gasteiger partial charge in [-0.1, -0.05) is 29.8 Å². The van der Waals surface area contributed by atoms with Crippen LogP contribution in [-0.2, 0) is 0 Å². The minimum atomic E-state index is -0.157. The lowest BCUT2D eigenvalue weighted by atomic mass is 10.1. The van der Waals surface area contributed by atoms with Crippen LogP contribution in [0.3, 0.4) is 0 Å². The van der Waals surface area contributed by atoms with E-state index in [2.05, 4.69) is 36.0 Å². The molecule has 0 aliphatic carbocycles. The zero-order chi connectivity index (χ0) is 21.3. The maximum absolute atomic E-state index is 12.9. The summed E-state index contributed by atoms with van der Waals surface area (Å²) in [6.45, 7) is 4.14. The monoisotopic (exact) mass is 403 g/mol. The number of hydrogen-bond acceptors (Lipinski definition) is 4. The van der Waals surface area contributed by atoms with Crippen molar-refractivity contribution < 1.29 is 9.21 Å². The fourth-order valence-electron chi connectivity index (χ4n) is 3.89. The Bertz CT molecular complexity index is 1010. The Morgan fingerprint density at radius 2 is 1.67 bits per heavy atom. The van der Waals surface area contributed by atoms with Crippen LogP contribution in [0.1, 0.15) is 22.5 Å². The van der Waals surface area contributed by atoms with Gasteiger partial charge in [-0.15, -0.1) is 0 Å². The lowest BCUT2D eigenvalue weighted by Crippen LogP contribution is -2.31. The van der Waals surface area contributed by atoms with Gasteiger partial charge >= 0.3 is 0 Å². The van der Waals surface area contributed by atoms with Crippen LogP contribution in [0.4, 0.5) is 11.4 Å². The summed E-state index contributed by atoms with van der Waals surface area (Å²) >= 11 is 0. The van der Waals surface area contributed by atoms with Gasteiger partial charge in [0.2, 0.25) is 0 Å². The quantitative estimate of drug-likeness (QED) is 0.621. The lowest BCUT2D eigenvalue weighted by Gasteiger charge is -2.23. The maximum Gasteiger partial charge on any atom is 0.293 e. The van der Waals surface area contributed by atoms with Crippen molar-refractivity contribution in [2.45, 2.75) is 19.4 Å². The molecule has 1 aliphatic rings. The molecule has 1 unspecified atom stereocenters. The van der Waals surface area contributed by atoms with Gasteiger partial charge in [0.15, 0.2) is 5.76 Å². The Morgan fingerprint density at radius 1 is 0.967 bits per heavy atom. The Morgan fingerprint density at radius 3 is 2.30 bits per heavy atom. The number of aryl methyl sites for hydroxylation is 1. The number of anilines is 2. The zero-order valence-electron chi connectivity index (χ0n) is 18.1. The van der Waals surface area contributed by atoms with Gasteiger partial charge in [-0.05, 0) is 63.8 Å². The Kier molecular flexibility index (Phi) is 5.64. The minimum absolute atomic E-state index is 0.157. The molecule has 1 fully saturated rings. The van der Waals surface area contributed by atoms with E-state index >= 15 is 0 Å². The number of rotatable bonds is 5. The van der Waals surface area contributed by atoms with Gasteiger partial charge in [-0.2, -0.15) is 0 Å². The summed E-state index contributed by atoms with van der Waals surface area (Å²) in [7, 11) is 6.05. The van der Waals surface area contributed by atoms with Crippen molar-refractivity contribution >= 4 is 17.3 Å². The molecule has 0 saturated carbocycles. The van der Waals surface area contributed by atoms with Crippen LogP contribution in [0.5, 0.6) is 0 Å². The number of furan rings is 1. The summed E-state index contributed by atoms with van der Waals surface area (Å²) in [6.07, 6.45) is 1.18. The third-order valence-corrected chi connectivity index (χ3v) is 5.95. The second kappa shape index (κ2) is 8.36. The first-order chi connectivity index (χ1) is 14.4. The number of hydrogen-bond donors (Lipinski definition) is 0. The summed E-state index contributed by atoms with van der Waals surface area (Å²) in [5.74, 6) is 0.882. The summed E-state index contributed by atoms with van der Waals surface area (Å²) in [5.41, 5.74) is 4.20. The number of benzene rings is 2. The normalized spacial score (nSPS) is 16.3.